The van der Waals surface area contributed by atoms with Gasteiger partial charge in [0.1, 0.15) is 0 Å². The molecule has 0 radical (unpaired) electrons. The van der Waals surface area contributed by atoms with Crippen LogP contribution in [0.5, 0.6) is 0 Å². The molecule has 0 spiro atoms. The van der Waals surface area contributed by atoms with Gasteiger partial charge in [0.05, 0.1) is 6.42 Å². The van der Waals surface area contributed by atoms with E-state index in [4.69, 9.17) is 5.11 Å². The molecule has 1 saturated heterocycles. The maximum Gasteiger partial charge on any atom is 0.307 e. The van der Waals surface area contributed by atoms with Crippen LogP contribution in [0.15, 0.2) is 24.3 Å². The molecule has 0 aromatic heterocycles. The third-order valence-electron chi connectivity index (χ3n) is 3.83. The van der Waals surface area contributed by atoms with Crippen molar-refractivity contribution >= 4 is 5.97 Å². The van der Waals surface area contributed by atoms with Crippen LogP contribution < -0.4 is 0 Å². The molecule has 1 N–H and O–H groups in total. The summed E-state index contributed by atoms with van der Waals surface area (Å²) in [4.78, 5) is 15.6. The van der Waals surface area contributed by atoms with Gasteiger partial charge in [-0.3, -0.25) is 9.69 Å². The maximum atomic E-state index is 10.9. The van der Waals surface area contributed by atoms with Crippen molar-refractivity contribution in [1.82, 2.24) is 9.80 Å². The molecule has 1 atom stereocenters. The molecule has 0 saturated carbocycles. The zero-order chi connectivity index (χ0) is 13.8. The number of carboxylic acids is 1. The number of nitrogens with zero attached hydrogens (tertiary/aromatic N) is 2. The Balaban J connectivity index is 2.01. The van der Waals surface area contributed by atoms with E-state index in [-0.39, 0.29) is 6.42 Å². The lowest BCUT2D eigenvalue weighted by Crippen LogP contribution is -2.31. The Hall–Kier alpha value is -1.39. The predicted octanol–water partition coefficient (Wildman–Crippen LogP) is 1.45. The van der Waals surface area contributed by atoms with Crippen LogP contribution >= 0.6 is 0 Å². The summed E-state index contributed by atoms with van der Waals surface area (Å²) in [6.45, 7) is 3.01. The molecule has 19 heavy (non-hydrogen) atoms. The van der Waals surface area contributed by atoms with Gasteiger partial charge in [-0.1, -0.05) is 24.3 Å². The molecule has 0 amide bonds. The Morgan fingerprint density at radius 1 is 1.37 bits per heavy atom. The molecule has 0 bridgehead atoms. The van der Waals surface area contributed by atoms with E-state index in [0.717, 1.165) is 30.8 Å². The first kappa shape index (κ1) is 14.0. The van der Waals surface area contributed by atoms with E-state index in [2.05, 4.69) is 23.9 Å². The second-order valence-electron chi connectivity index (χ2n) is 5.48. The van der Waals surface area contributed by atoms with Crippen LogP contribution in [0.4, 0.5) is 0 Å². The van der Waals surface area contributed by atoms with Gasteiger partial charge in [-0.2, -0.15) is 0 Å². The summed E-state index contributed by atoms with van der Waals surface area (Å²) in [5.41, 5.74) is 2.08. The van der Waals surface area contributed by atoms with Crippen molar-refractivity contribution in [3.63, 3.8) is 0 Å². The number of carbonyl (C=O) groups is 1. The lowest BCUT2D eigenvalue weighted by atomic mass is 10.0. The van der Waals surface area contributed by atoms with Gasteiger partial charge < -0.3 is 10.0 Å². The quantitative estimate of drug-likeness (QED) is 0.872. The van der Waals surface area contributed by atoms with Crippen LogP contribution in [0, 0.1) is 0 Å². The number of rotatable bonds is 5. The van der Waals surface area contributed by atoms with Crippen molar-refractivity contribution in [1.29, 1.82) is 0 Å². The Morgan fingerprint density at radius 3 is 2.63 bits per heavy atom. The molecule has 4 nitrogen and oxygen atoms in total. The summed E-state index contributed by atoms with van der Waals surface area (Å²) < 4.78 is 0. The normalized spacial score (nSPS) is 20.1. The van der Waals surface area contributed by atoms with E-state index in [1.54, 1.807) is 0 Å². The summed E-state index contributed by atoms with van der Waals surface area (Å²) in [6, 6.07) is 8.48. The van der Waals surface area contributed by atoms with E-state index in [9.17, 15) is 4.79 Å². The third-order valence-corrected chi connectivity index (χ3v) is 3.83. The highest BCUT2D eigenvalue weighted by atomic mass is 16.4. The van der Waals surface area contributed by atoms with Crippen molar-refractivity contribution in [2.75, 3.05) is 27.2 Å². The highest BCUT2D eigenvalue weighted by Crippen LogP contribution is 2.18. The Bertz CT molecular complexity index is 446. The van der Waals surface area contributed by atoms with Gasteiger partial charge in [-0.05, 0) is 31.6 Å². The molecule has 0 aliphatic carbocycles. The maximum absolute atomic E-state index is 10.9. The topological polar surface area (TPSA) is 43.8 Å². The molecule has 1 unspecified atom stereocenters. The fourth-order valence-corrected chi connectivity index (χ4v) is 2.67. The Kier molecular flexibility index (Phi) is 4.56. The molecule has 104 valence electrons. The first-order chi connectivity index (χ1) is 9.06. The molecule has 1 aromatic carbocycles. The van der Waals surface area contributed by atoms with Crippen molar-refractivity contribution in [2.45, 2.75) is 25.4 Å². The van der Waals surface area contributed by atoms with Gasteiger partial charge in [-0.15, -0.1) is 0 Å². The van der Waals surface area contributed by atoms with Crippen molar-refractivity contribution < 1.29 is 9.90 Å². The van der Waals surface area contributed by atoms with E-state index >= 15 is 0 Å². The fourth-order valence-electron chi connectivity index (χ4n) is 2.67. The number of hydrogen-bond acceptors (Lipinski definition) is 3. The molecule has 2 rings (SSSR count). The van der Waals surface area contributed by atoms with E-state index < -0.39 is 5.97 Å². The van der Waals surface area contributed by atoms with Crippen molar-refractivity contribution in [3.8, 4) is 0 Å². The van der Waals surface area contributed by atoms with Gasteiger partial charge in [0.25, 0.3) is 0 Å². The van der Waals surface area contributed by atoms with Crippen LogP contribution in [0.3, 0.4) is 0 Å². The Morgan fingerprint density at radius 2 is 2.05 bits per heavy atom. The van der Waals surface area contributed by atoms with Crippen LogP contribution in [-0.4, -0.2) is 54.1 Å². The molecule has 1 fully saturated rings. The molecule has 1 aromatic rings. The van der Waals surface area contributed by atoms with Crippen LogP contribution in [0.25, 0.3) is 0 Å². The predicted molar refractivity (Wildman–Crippen MR) is 75.2 cm³/mol. The van der Waals surface area contributed by atoms with E-state index in [1.165, 1.54) is 6.42 Å². The van der Waals surface area contributed by atoms with Crippen molar-refractivity contribution in [3.05, 3.63) is 35.4 Å². The van der Waals surface area contributed by atoms with Gasteiger partial charge in [0.2, 0.25) is 0 Å². The van der Waals surface area contributed by atoms with Gasteiger partial charge >= 0.3 is 5.97 Å². The zero-order valence-corrected chi connectivity index (χ0v) is 11.7. The largest absolute Gasteiger partial charge is 0.481 e. The summed E-state index contributed by atoms with van der Waals surface area (Å²) in [6.07, 6.45) is 1.30. The molecule has 1 heterocycles. The molecule has 1 aliphatic rings. The number of hydrogen-bond donors (Lipinski definition) is 1. The minimum absolute atomic E-state index is 0.112. The summed E-state index contributed by atoms with van der Waals surface area (Å²) in [5, 5.41) is 8.95. The molecular weight excluding hydrogens is 240 g/mol. The van der Waals surface area contributed by atoms with Crippen LogP contribution in [-0.2, 0) is 17.8 Å². The number of benzene rings is 1. The minimum Gasteiger partial charge on any atom is -0.481 e. The third kappa shape index (κ3) is 3.78. The lowest BCUT2D eigenvalue weighted by Gasteiger charge is -2.21. The number of aliphatic carboxylic acids is 1. The van der Waals surface area contributed by atoms with Gasteiger partial charge in [0, 0.05) is 25.7 Å². The first-order valence-electron chi connectivity index (χ1n) is 6.73. The standard InChI is InChI=1S/C15H22N2O2/c1-16(2)14-7-8-17(11-14)10-13-6-4-3-5-12(13)9-15(18)19/h3-6,14H,7-11H2,1-2H3,(H,18,19). The van der Waals surface area contributed by atoms with Crippen molar-refractivity contribution in [2.24, 2.45) is 0 Å². The highest BCUT2D eigenvalue weighted by Gasteiger charge is 2.24. The zero-order valence-electron chi connectivity index (χ0n) is 11.7. The van der Waals surface area contributed by atoms with Crippen LogP contribution in [0.2, 0.25) is 0 Å². The minimum atomic E-state index is -0.764. The molecule has 4 heteroatoms. The first-order valence-corrected chi connectivity index (χ1v) is 6.73. The average molecular weight is 262 g/mol. The number of carboxylic acid groups (broad SMARTS) is 1. The molecule has 1 aliphatic heterocycles. The number of likely N-dealkylation sites (tertiary alicyclic amines) is 1. The second kappa shape index (κ2) is 6.17. The van der Waals surface area contributed by atoms with Gasteiger partial charge in [0.15, 0.2) is 0 Å². The SMILES string of the molecule is CN(C)C1CCN(Cc2ccccc2CC(=O)O)C1. The van der Waals surface area contributed by atoms with Gasteiger partial charge in [-0.25, -0.2) is 0 Å². The molecular formula is C15H22N2O2. The monoisotopic (exact) mass is 262 g/mol. The fraction of sp³-hybridized carbons (Fsp3) is 0.533. The summed E-state index contributed by atoms with van der Waals surface area (Å²) >= 11 is 0. The lowest BCUT2D eigenvalue weighted by molar-refractivity contribution is -0.136. The summed E-state index contributed by atoms with van der Waals surface area (Å²) in [7, 11) is 4.24. The summed E-state index contributed by atoms with van der Waals surface area (Å²) in [5.74, 6) is -0.764. The van der Waals surface area contributed by atoms with E-state index in [0.29, 0.717) is 6.04 Å². The smallest absolute Gasteiger partial charge is 0.307 e. The average Bonchev–Trinajstić information content (AvgIpc) is 2.80. The highest BCUT2D eigenvalue weighted by molar-refractivity contribution is 5.70. The number of likely N-dealkylation sites (N-methyl/N-ethyl adjacent to an activating group) is 1. The van der Waals surface area contributed by atoms with E-state index in [1.807, 2.05) is 24.3 Å². The Labute approximate surface area is 114 Å². The second-order valence-corrected chi connectivity index (χ2v) is 5.48. The van der Waals surface area contributed by atoms with Crippen LogP contribution in [0.1, 0.15) is 17.5 Å².